The van der Waals surface area contributed by atoms with Crippen LogP contribution < -0.4 is 15.4 Å². The van der Waals surface area contributed by atoms with Gasteiger partial charge in [-0.25, -0.2) is 4.79 Å². The van der Waals surface area contributed by atoms with Crippen molar-refractivity contribution >= 4 is 34.9 Å². The lowest BCUT2D eigenvalue weighted by Crippen LogP contribution is -2.34. The number of hydrogen-bond acceptors (Lipinski definition) is 4. The standard InChI is InChI=1S/C19H20N2O4S/c1-3-10-25-15-7-4-13(5-8-15)17(22)21-19(26)20-16-9-6-14(18(23)24)11-12(16)2/h4-9,11H,3,10H2,1-2H3,(H,23,24)(H2,20,21,22,26). The Morgan fingerprint density at radius 3 is 2.35 bits per heavy atom. The monoisotopic (exact) mass is 372 g/mol. The zero-order valence-corrected chi connectivity index (χ0v) is 15.4. The van der Waals surface area contributed by atoms with Gasteiger partial charge in [0, 0.05) is 11.3 Å². The number of aryl methyl sites for hydroxylation is 1. The Labute approximate surface area is 157 Å². The van der Waals surface area contributed by atoms with E-state index >= 15 is 0 Å². The van der Waals surface area contributed by atoms with Gasteiger partial charge in [-0.3, -0.25) is 10.1 Å². The van der Waals surface area contributed by atoms with Gasteiger partial charge in [-0.05, 0) is 73.6 Å². The van der Waals surface area contributed by atoms with Crippen LogP contribution in [0.15, 0.2) is 42.5 Å². The van der Waals surface area contributed by atoms with Crippen LogP contribution in [0.25, 0.3) is 0 Å². The number of carbonyl (C=O) groups is 2. The highest BCUT2D eigenvalue weighted by molar-refractivity contribution is 7.80. The maximum Gasteiger partial charge on any atom is 0.335 e. The number of benzene rings is 2. The summed E-state index contributed by atoms with van der Waals surface area (Å²) < 4.78 is 5.48. The molecule has 0 unspecified atom stereocenters. The van der Waals surface area contributed by atoms with Crippen LogP contribution in [-0.2, 0) is 0 Å². The van der Waals surface area contributed by atoms with Gasteiger partial charge in [0.2, 0.25) is 0 Å². The number of carboxylic acids is 1. The molecule has 3 N–H and O–H groups in total. The average molecular weight is 372 g/mol. The number of ether oxygens (including phenoxy) is 1. The van der Waals surface area contributed by atoms with Crippen molar-refractivity contribution < 1.29 is 19.4 Å². The highest BCUT2D eigenvalue weighted by atomic mass is 32.1. The first kappa shape index (κ1) is 19.4. The lowest BCUT2D eigenvalue weighted by molar-refractivity contribution is 0.0696. The predicted molar refractivity (Wildman–Crippen MR) is 104 cm³/mol. The van der Waals surface area contributed by atoms with Crippen molar-refractivity contribution in [2.45, 2.75) is 20.3 Å². The Kier molecular flexibility index (Phi) is 6.68. The number of carbonyl (C=O) groups excluding carboxylic acids is 1. The Bertz CT molecular complexity index is 819. The van der Waals surface area contributed by atoms with Crippen molar-refractivity contribution in [3.05, 3.63) is 59.2 Å². The summed E-state index contributed by atoms with van der Waals surface area (Å²) in [7, 11) is 0. The largest absolute Gasteiger partial charge is 0.494 e. The van der Waals surface area contributed by atoms with Crippen molar-refractivity contribution in [2.24, 2.45) is 0 Å². The van der Waals surface area contributed by atoms with E-state index in [0.717, 1.165) is 6.42 Å². The number of anilines is 1. The van der Waals surface area contributed by atoms with E-state index in [1.807, 2.05) is 6.92 Å². The summed E-state index contributed by atoms with van der Waals surface area (Å²) in [6.07, 6.45) is 0.912. The molecule has 0 saturated carbocycles. The van der Waals surface area contributed by atoms with Crippen molar-refractivity contribution in [2.75, 3.05) is 11.9 Å². The second-order valence-corrected chi connectivity index (χ2v) is 6.02. The molecule has 6 nitrogen and oxygen atoms in total. The minimum absolute atomic E-state index is 0.132. The number of rotatable bonds is 6. The Morgan fingerprint density at radius 1 is 1.12 bits per heavy atom. The number of amides is 1. The minimum atomic E-state index is -0.998. The van der Waals surface area contributed by atoms with E-state index in [4.69, 9.17) is 22.1 Å². The van der Waals surface area contributed by atoms with Crippen molar-refractivity contribution in [3.63, 3.8) is 0 Å². The molecule has 7 heteroatoms. The van der Waals surface area contributed by atoms with Gasteiger partial charge in [0.15, 0.2) is 5.11 Å². The molecule has 0 spiro atoms. The molecule has 2 aromatic carbocycles. The van der Waals surface area contributed by atoms with Crippen LogP contribution in [0.2, 0.25) is 0 Å². The Hall–Kier alpha value is -2.93. The van der Waals surface area contributed by atoms with Gasteiger partial charge in [-0.1, -0.05) is 6.92 Å². The third-order valence-corrected chi connectivity index (χ3v) is 3.74. The fourth-order valence-corrected chi connectivity index (χ4v) is 2.39. The minimum Gasteiger partial charge on any atom is -0.494 e. The molecule has 2 rings (SSSR count). The normalized spacial score (nSPS) is 10.1. The van der Waals surface area contributed by atoms with Gasteiger partial charge >= 0.3 is 5.97 Å². The number of nitrogens with one attached hydrogen (secondary N) is 2. The molecule has 0 radical (unpaired) electrons. The van der Waals surface area contributed by atoms with Gasteiger partial charge in [0.1, 0.15) is 5.75 Å². The third-order valence-electron chi connectivity index (χ3n) is 3.54. The topological polar surface area (TPSA) is 87.7 Å². The molecule has 2 aromatic rings. The molecule has 136 valence electrons. The van der Waals surface area contributed by atoms with Crippen LogP contribution in [0, 0.1) is 6.92 Å². The summed E-state index contributed by atoms with van der Waals surface area (Å²) in [6.45, 7) is 4.40. The number of aromatic carboxylic acids is 1. The molecule has 0 bridgehead atoms. The van der Waals surface area contributed by atoms with E-state index in [9.17, 15) is 9.59 Å². The zero-order valence-electron chi connectivity index (χ0n) is 14.5. The van der Waals surface area contributed by atoms with Crippen LogP contribution in [0.3, 0.4) is 0 Å². The second-order valence-electron chi connectivity index (χ2n) is 5.62. The van der Waals surface area contributed by atoms with E-state index in [1.54, 1.807) is 37.3 Å². The molecule has 26 heavy (non-hydrogen) atoms. The summed E-state index contributed by atoms with van der Waals surface area (Å²) in [4.78, 5) is 23.2. The van der Waals surface area contributed by atoms with Gasteiger partial charge < -0.3 is 15.2 Å². The Balaban J connectivity index is 1.96. The summed E-state index contributed by atoms with van der Waals surface area (Å²) in [5, 5.41) is 14.6. The number of thiocarbonyl (C=S) groups is 1. The highest BCUT2D eigenvalue weighted by Crippen LogP contribution is 2.17. The molecule has 0 saturated heterocycles. The fourth-order valence-electron chi connectivity index (χ4n) is 2.19. The first-order valence-electron chi connectivity index (χ1n) is 8.10. The molecule has 0 fully saturated rings. The summed E-state index contributed by atoms with van der Waals surface area (Å²) in [5.74, 6) is -0.635. The van der Waals surface area contributed by atoms with Crippen LogP contribution >= 0.6 is 12.2 Å². The quantitative estimate of drug-likeness (QED) is 0.672. The number of carboxylic acid groups (broad SMARTS) is 1. The van der Waals surface area contributed by atoms with Crippen LogP contribution in [0.5, 0.6) is 5.75 Å². The van der Waals surface area contributed by atoms with Gasteiger partial charge in [0.25, 0.3) is 5.91 Å². The molecule has 1 amide bonds. The van der Waals surface area contributed by atoms with Gasteiger partial charge in [-0.2, -0.15) is 0 Å². The SMILES string of the molecule is CCCOc1ccc(C(=O)NC(=S)Nc2ccc(C(=O)O)cc2C)cc1. The molecular formula is C19H20N2O4S. The summed E-state index contributed by atoms with van der Waals surface area (Å²) in [5.41, 5.74) is 1.98. The van der Waals surface area contributed by atoms with Crippen molar-refractivity contribution in [1.29, 1.82) is 0 Å². The molecular weight excluding hydrogens is 352 g/mol. The predicted octanol–water partition coefficient (Wildman–Crippen LogP) is 3.61. The Morgan fingerprint density at radius 2 is 1.77 bits per heavy atom. The van der Waals surface area contributed by atoms with E-state index in [-0.39, 0.29) is 16.6 Å². The highest BCUT2D eigenvalue weighted by Gasteiger charge is 2.10. The molecule has 0 atom stereocenters. The van der Waals surface area contributed by atoms with E-state index < -0.39 is 5.97 Å². The summed E-state index contributed by atoms with van der Waals surface area (Å²) in [6, 6.07) is 11.4. The molecule has 0 aliphatic rings. The van der Waals surface area contributed by atoms with E-state index in [1.165, 1.54) is 12.1 Å². The third kappa shape index (κ3) is 5.29. The molecule has 0 aromatic heterocycles. The van der Waals surface area contributed by atoms with Crippen LogP contribution in [-0.4, -0.2) is 28.7 Å². The second kappa shape index (κ2) is 8.96. The van der Waals surface area contributed by atoms with Crippen molar-refractivity contribution in [1.82, 2.24) is 5.32 Å². The smallest absolute Gasteiger partial charge is 0.335 e. The lowest BCUT2D eigenvalue weighted by atomic mass is 10.1. The van der Waals surface area contributed by atoms with Crippen LogP contribution in [0.1, 0.15) is 39.6 Å². The van der Waals surface area contributed by atoms with E-state index in [2.05, 4.69) is 10.6 Å². The maximum absolute atomic E-state index is 12.2. The molecule has 0 heterocycles. The van der Waals surface area contributed by atoms with Gasteiger partial charge in [0.05, 0.1) is 12.2 Å². The van der Waals surface area contributed by atoms with Crippen molar-refractivity contribution in [3.8, 4) is 5.75 Å². The first-order valence-corrected chi connectivity index (χ1v) is 8.50. The first-order chi connectivity index (χ1) is 12.4. The number of hydrogen-bond donors (Lipinski definition) is 3. The molecule has 0 aliphatic heterocycles. The maximum atomic E-state index is 12.2. The fraction of sp³-hybridized carbons (Fsp3) is 0.211. The zero-order chi connectivity index (χ0) is 19.1. The lowest BCUT2D eigenvalue weighted by Gasteiger charge is -2.12. The summed E-state index contributed by atoms with van der Waals surface area (Å²) >= 11 is 5.16. The van der Waals surface area contributed by atoms with Crippen LogP contribution in [0.4, 0.5) is 5.69 Å². The van der Waals surface area contributed by atoms with E-state index in [0.29, 0.717) is 29.2 Å². The average Bonchev–Trinajstić information content (AvgIpc) is 2.61. The molecule has 0 aliphatic carbocycles. The van der Waals surface area contributed by atoms with Gasteiger partial charge in [-0.15, -0.1) is 0 Å².